The number of hydrogen-bond donors (Lipinski definition) is 0. The summed E-state index contributed by atoms with van der Waals surface area (Å²) in [6, 6.07) is 11.0. The van der Waals surface area contributed by atoms with Crippen LogP contribution >= 0.6 is 0 Å². The molecule has 2 saturated heterocycles. The molecule has 1 aromatic rings. The second kappa shape index (κ2) is 6.07. The van der Waals surface area contributed by atoms with Crippen molar-refractivity contribution in [3.05, 3.63) is 35.9 Å². The molecule has 0 saturated carbocycles. The Balaban J connectivity index is 1.74. The summed E-state index contributed by atoms with van der Waals surface area (Å²) in [4.78, 5) is 17.2. The first-order valence-corrected chi connectivity index (χ1v) is 8.93. The van der Waals surface area contributed by atoms with E-state index in [0.29, 0.717) is 0 Å². The Morgan fingerprint density at radius 3 is 2.46 bits per heavy atom. The fourth-order valence-electron chi connectivity index (χ4n) is 4.14. The smallest absolute Gasteiger partial charge is 0.410 e. The second-order valence-electron chi connectivity index (χ2n) is 8.93. The number of piperazine rings is 1. The molecule has 1 aromatic carbocycles. The first-order chi connectivity index (χ1) is 11.2. The maximum absolute atomic E-state index is 12.7. The molecule has 4 heteroatoms. The van der Waals surface area contributed by atoms with E-state index in [0.717, 1.165) is 26.1 Å². The molecule has 0 unspecified atom stereocenters. The number of likely N-dealkylation sites (tertiary alicyclic amines) is 1. The van der Waals surface area contributed by atoms with Crippen LogP contribution in [0.4, 0.5) is 4.79 Å². The lowest BCUT2D eigenvalue weighted by Crippen LogP contribution is -2.58. The number of benzene rings is 1. The van der Waals surface area contributed by atoms with Crippen molar-refractivity contribution in [3.8, 4) is 0 Å². The molecule has 0 spiro atoms. The molecular formula is C20H30N2O2. The highest BCUT2D eigenvalue weighted by molar-refractivity contribution is 5.70. The van der Waals surface area contributed by atoms with Crippen LogP contribution in [-0.2, 0) is 11.3 Å². The molecule has 0 aromatic heterocycles. The van der Waals surface area contributed by atoms with Gasteiger partial charge in [0.2, 0.25) is 0 Å². The van der Waals surface area contributed by atoms with Crippen LogP contribution in [0.25, 0.3) is 0 Å². The van der Waals surface area contributed by atoms with Gasteiger partial charge in [0.25, 0.3) is 0 Å². The monoisotopic (exact) mass is 330 g/mol. The Hall–Kier alpha value is -1.55. The fourth-order valence-corrected chi connectivity index (χ4v) is 4.14. The van der Waals surface area contributed by atoms with Crippen molar-refractivity contribution in [2.75, 3.05) is 13.1 Å². The molecule has 2 heterocycles. The molecule has 2 aliphatic rings. The fraction of sp³-hybridized carbons (Fsp3) is 0.650. The molecule has 2 fully saturated rings. The molecule has 0 radical (unpaired) electrons. The van der Waals surface area contributed by atoms with Crippen LogP contribution in [-0.4, -0.2) is 46.7 Å². The van der Waals surface area contributed by atoms with E-state index in [4.69, 9.17) is 4.74 Å². The van der Waals surface area contributed by atoms with Crippen LogP contribution in [0.2, 0.25) is 0 Å². The van der Waals surface area contributed by atoms with Crippen LogP contribution in [0.1, 0.15) is 46.6 Å². The molecule has 0 N–H and O–H groups in total. The molecule has 1 amide bonds. The summed E-state index contributed by atoms with van der Waals surface area (Å²) in [5.41, 5.74) is 1.02. The SMILES string of the molecule is CC(C)(C)OC(=O)N1[C@H]2CN(Cc3ccccc3)C[C@@H]1C(C)(C)C2. The molecule has 2 atom stereocenters. The molecule has 4 nitrogen and oxygen atoms in total. The van der Waals surface area contributed by atoms with E-state index in [1.165, 1.54) is 5.56 Å². The molecule has 0 aliphatic carbocycles. The Kier molecular flexibility index (Phi) is 4.37. The largest absolute Gasteiger partial charge is 0.444 e. The van der Waals surface area contributed by atoms with Crippen molar-refractivity contribution in [1.82, 2.24) is 9.80 Å². The average Bonchev–Trinajstić information content (AvgIpc) is 2.61. The van der Waals surface area contributed by atoms with Crippen LogP contribution in [0.15, 0.2) is 30.3 Å². The van der Waals surface area contributed by atoms with E-state index in [1.807, 2.05) is 25.7 Å². The standard InChI is InChI=1S/C20H30N2O2/c1-19(2,3)24-18(23)22-16-11-20(4,5)17(22)14-21(13-16)12-15-9-7-6-8-10-15/h6-10,16-17H,11-14H2,1-5H3/t16-,17-/m1/s1. The van der Waals surface area contributed by atoms with E-state index in [1.54, 1.807) is 0 Å². The zero-order valence-corrected chi connectivity index (χ0v) is 15.6. The van der Waals surface area contributed by atoms with Crippen molar-refractivity contribution in [3.63, 3.8) is 0 Å². The predicted octanol–water partition coefficient (Wildman–Crippen LogP) is 3.91. The highest BCUT2D eigenvalue weighted by Crippen LogP contribution is 2.44. The van der Waals surface area contributed by atoms with Crippen LogP contribution in [0.3, 0.4) is 0 Å². The van der Waals surface area contributed by atoms with Gasteiger partial charge in [-0.15, -0.1) is 0 Å². The zero-order chi connectivity index (χ0) is 17.5. The van der Waals surface area contributed by atoms with Gasteiger partial charge in [-0.05, 0) is 38.2 Å². The molecule has 3 rings (SSSR count). The maximum atomic E-state index is 12.7. The van der Waals surface area contributed by atoms with Gasteiger partial charge in [-0.3, -0.25) is 9.80 Å². The summed E-state index contributed by atoms with van der Waals surface area (Å²) in [5, 5.41) is 0. The van der Waals surface area contributed by atoms with Crippen molar-refractivity contribution in [1.29, 1.82) is 0 Å². The van der Waals surface area contributed by atoms with Crippen molar-refractivity contribution in [2.24, 2.45) is 5.41 Å². The van der Waals surface area contributed by atoms with Gasteiger partial charge in [0.15, 0.2) is 0 Å². The topological polar surface area (TPSA) is 32.8 Å². The summed E-state index contributed by atoms with van der Waals surface area (Å²) in [6.45, 7) is 13.1. The number of nitrogens with zero attached hydrogens (tertiary/aromatic N) is 2. The average molecular weight is 330 g/mol. The normalized spacial score (nSPS) is 26.5. The van der Waals surface area contributed by atoms with Crippen LogP contribution in [0.5, 0.6) is 0 Å². The number of carbonyl (C=O) groups excluding carboxylic acids is 1. The van der Waals surface area contributed by atoms with Gasteiger partial charge in [0.05, 0.1) is 6.04 Å². The molecule has 132 valence electrons. The van der Waals surface area contributed by atoms with Crippen LogP contribution < -0.4 is 0 Å². The summed E-state index contributed by atoms with van der Waals surface area (Å²) in [6.07, 6.45) is 0.893. The number of ether oxygens (including phenoxy) is 1. The Morgan fingerprint density at radius 1 is 1.21 bits per heavy atom. The van der Waals surface area contributed by atoms with Crippen LogP contribution in [0, 0.1) is 5.41 Å². The minimum atomic E-state index is -0.443. The van der Waals surface area contributed by atoms with E-state index < -0.39 is 5.60 Å². The van der Waals surface area contributed by atoms with Gasteiger partial charge in [-0.2, -0.15) is 0 Å². The van der Waals surface area contributed by atoms with Crippen molar-refractivity contribution < 1.29 is 9.53 Å². The van der Waals surface area contributed by atoms with Gasteiger partial charge in [-0.25, -0.2) is 4.79 Å². The summed E-state index contributed by atoms with van der Waals surface area (Å²) in [7, 11) is 0. The third kappa shape index (κ3) is 3.59. The van der Waals surface area contributed by atoms with E-state index >= 15 is 0 Å². The first kappa shape index (κ1) is 17.3. The third-order valence-corrected chi connectivity index (χ3v) is 5.15. The number of hydrogen-bond acceptors (Lipinski definition) is 3. The molecular weight excluding hydrogens is 300 g/mol. The number of fused-ring (bicyclic) bond motifs is 2. The Bertz CT molecular complexity index is 591. The second-order valence-corrected chi connectivity index (χ2v) is 8.93. The van der Waals surface area contributed by atoms with Gasteiger partial charge in [0, 0.05) is 25.7 Å². The van der Waals surface area contributed by atoms with Crippen molar-refractivity contribution >= 4 is 6.09 Å². The van der Waals surface area contributed by atoms with E-state index in [2.05, 4.69) is 49.1 Å². The van der Waals surface area contributed by atoms with Gasteiger partial charge in [0.1, 0.15) is 5.60 Å². The van der Waals surface area contributed by atoms with Gasteiger partial charge >= 0.3 is 6.09 Å². The minimum Gasteiger partial charge on any atom is -0.444 e. The Labute approximate surface area is 145 Å². The predicted molar refractivity (Wildman–Crippen MR) is 95.8 cm³/mol. The summed E-state index contributed by atoms with van der Waals surface area (Å²) in [5.74, 6) is 0. The lowest BCUT2D eigenvalue weighted by molar-refractivity contribution is -0.0122. The first-order valence-electron chi connectivity index (χ1n) is 8.93. The quantitative estimate of drug-likeness (QED) is 0.824. The highest BCUT2D eigenvalue weighted by Gasteiger charge is 2.53. The summed E-state index contributed by atoms with van der Waals surface area (Å²) < 4.78 is 5.67. The van der Waals surface area contributed by atoms with Gasteiger partial charge < -0.3 is 4.74 Å². The lowest BCUT2D eigenvalue weighted by Gasteiger charge is -2.43. The number of amides is 1. The highest BCUT2D eigenvalue weighted by atomic mass is 16.6. The number of rotatable bonds is 2. The van der Waals surface area contributed by atoms with E-state index in [-0.39, 0.29) is 23.6 Å². The van der Waals surface area contributed by atoms with E-state index in [9.17, 15) is 4.79 Å². The molecule has 24 heavy (non-hydrogen) atoms. The third-order valence-electron chi connectivity index (χ3n) is 5.15. The Morgan fingerprint density at radius 2 is 1.88 bits per heavy atom. The minimum absolute atomic E-state index is 0.132. The number of carbonyl (C=O) groups is 1. The zero-order valence-electron chi connectivity index (χ0n) is 15.6. The molecule has 2 aliphatic heterocycles. The maximum Gasteiger partial charge on any atom is 0.410 e. The van der Waals surface area contributed by atoms with Gasteiger partial charge in [-0.1, -0.05) is 44.2 Å². The lowest BCUT2D eigenvalue weighted by atomic mass is 9.84. The van der Waals surface area contributed by atoms with Crippen molar-refractivity contribution in [2.45, 2.75) is 65.3 Å². The molecule has 2 bridgehead atoms. The summed E-state index contributed by atoms with van der Waals surface area (Å²) >= 11 is 0.